The molecular weight excluding hydrogens is 234 g/mol. The Morgan fingerprint density at radius 3 is 2.71 bits per heavy atom. The molecule has 0 aliphatic rings. The molecule has 0 bridgehead atoms. The number of nitrogens with zero attached hydrogens (tertiary/aromatic N) is 1. The summed E-state index contributed by atoms with van der Waals surface area (Å²) in [6.07, 6.45) is 0.563. The van der Waals surface area contributed by atoms with Crippen LogP contribution in [-0.2, 0) is 4.79 Å². The van der Waals surface area contributed by atoms with Crippen LogP contribution in [0.2, 0.25) is 0 Å². The van der Waals surface area contributed by atoms with Gasteiger partial charge in [0.15, 0.2) is 0 Å². The quantitative estimate of drug-likeness (QED) is 0.901. The van der Waals surface area contributed by atoms with E-state index in [2.05, 4.69) is 4.98 Å². The highest BCUT2D eigenvalue weighted by Gasteiger charge is 2.20. The summed E-state index contributed by atoms with van der Waals surface area (Å²) in [5, 5.41) is 11.8. The molecule has 0 fully saturated rings. The maximum Gasteiger partial charge on any atom is 0.312 e. The van der Waals surface area contributed by atoms with Gasteiger partial charge >= 0.3 is 5.97 Å². The molecular formula is C13H13NO2S. The predicted octanol–water partition coefficient (Wildman–Crippen LogP) is 3.39. The van der Waals surface area contributed by atoms with Crippen LogP contribution in [-0.4, -0.2) is 16.1 Å². The van der Waals surface area contributed by atoms with Crippen molar-refractivity contribution in [1.82, 2.24) is 4.98 Å². The predicted molar refractivity (Wildman–Crippen MR) is 68.2 cm³/mol. The Morgan fingerprint density at radius 1 is 1.41 bits per heavy atom. The summed E-state index contributed by atoms with van der Waals surface area (Å²) in [6, 6.07) is 9.80. The molecule has 3 nitrogen and oxygen atoms in total. The molecule has 1 atom stereocenters. The van der Waals surface area contributed by atoms with Crippen LogP contribution in [0.25, 0.3) is 10.6 Å². The van der Waals surface area contributed by atoms with E-state index in [1.54, 1.807) is 0 Å². The first-order chi connectivity index (χ1) is 8.22. The second kappa shape index (κ2) is 5.10. The summed E-state index contributed by atoms with van der Waals surface area (Å²) in [4.78, 5) is 15.5. The molecule has 17 heavy (non-hydrogen) atoms. The van der Waals surface area contributed by atoms with Gasteiger partial charge in [0.25, 0.3) is 0 Å². The SMILES string of the molecule is CCC(C(=O)O)c1csc(-c2ccccc2)n1. The van der Waals surface area contributed by atoms with Gasteiger partial charge in [0, 0.05) is 10.9 Å². The molecule has 1 heterocycles. The zero-order valence-corrected chi connectivity index (χ0v) is 10.3. The van der Waals surface area contributed by atoms with Crippen molar-refractivity contribution in [2.24, 2.45) is 0 Å². The molecule has 4 heteroatoms. The normalized spacial score (nSPS) is 12.3. The summed E-state index contributed by atoms with van der Waals surface area (Å²) in [5.41, 5.74) is 1.69. The molecule has 0 amide bonds. The molecule has 1 aromatic carbocycles. The van der Waals surface area contributed by atoms with Crippen LogP contribution in [0.5, 0.6) is 0 Å². The Bertz CT molecular complexity index is 507. The minimum Gasteiger partial charge on any atom is -0.481 e. The highest BCUT2D eigenvalue weighted by molar-refractivity contribution is 7.13. The van der Waals surface area contributed by atoms with Gasteiger partial charge in [-0.25, -0.2) is 4.98 Å². The molecule has 88 valence electrons. The fourth-order valence-corrected chi connectivity index (χ4v) is 2.55. The van der Waals surface area contributed by atoms with Crippen molar-refractivity contribution in [3.05, 3.63) is 41.4 Å². The molecule has 0 aliphatic carbocycles. The molecule has 0 spiro atoms. The number of thiazole rings is 1. The van der Waals surface area contributed by atoms with Crippen molar-refractivity contribution in [2.45, 2.75) is 19.3 Å². The number of hydrogen-bond donors (Lipinski definition) is 1. The van der Waals surface area contributed by atoms with Crippen molar-refractivity contribution in [1.29, 1.82) is 0 Å². The number of hydrogen-bond acceptors (Lipinski definition) is 3. The molecule has 2 rings (SSSR count). The second-order valence-electron chi connectivity index (χ2n) is 3.74. The number of aliphatic carboxylic acids is 1. The van der Waals surface area contributed by atoms with Crippen molar-refractivity contribution < 1.29 is 9.90 Å². The van der Waals surface area contributed by atoms with Gasteiger partial charge in [-0.3, -0.25) is 4.79 Å². The molecule has 0 aliphatic heterocycles. The number of aromatic nitrogens is 1. The van der Waals surface area contributed by atoms with E-state index in [4.69, 9.17) is 5.11 Å². The third-order valence-electron chi connectivity index (χ3n) is 2.61. The Balaban J connectivity index is 2.30. The molecule has 2 aromatic rings. The van der Waals surface area contributed by atoms with Gasteiger partial charge in [0.1, 0.15) is 5.01 Å². The Labute approximate surface area is 104 Å². The van der Waals surface area contributed by atoms with Crippen LogP contribution in [0.3, 0.4) is 0 Å². The van der Waals surface area contributed by atoms with Crippen LogP contribution >= 0.6 is 11.3 Å². The van der Waals surface area contributed by atoms with Crippen molar-refractivity contribution in [3.8, 4) is 10.6 Å². The topological polar surface area (TPSA) is 50.2 Å². The van der Waals surface area contributed by atoms with Crippen LogP contribution in [0, 0.1) is 0 Å². The zero-order valence-electron chi connectivity index (χ0n) is 9.46. The zero-order chi connectivity index (χ0) is 12.3. The Kier molecular flexibility index (Phi) is 3.54. The van der Waals surface area contributed by atoms with Crippen molar-refractivity contribution >= 4 is 17.3 Å². The average Bonchev–Trinajstić information content (AvgIpc) is 2.80. The van der Waals surface area contributed by atoms with Gasteiger partial charge in [0.2, 0.25) is 0 Å². The van der Waals surface area contributed by atoms with Crippen molar-refractivity contribution in [2.75, 3.05) is 0 Å². The monoisotopic (exact) mass is 247 g/mol. The Hall–Kier alpha value is -1.68. The first-order valence-electron chi connectivity index (χ1n) is 5.46. The molecule has 0 saturated heterocycles. The third-order valence-corrected chi connectivity index (χ3v) is 3.52. The maximum absolute atomic E-state index is 11.0. The van der Waals surface area contributed by atoms with E-state index in [0.717, 1.165) is 10.6 Å². The maximum atomic E-state index is 11.0. The minimum atomic E-state index is -0.808. The lowest BCUT2D eigenvalue weighted by molar-refractivity contribution is -0.138. The van der Waals surface area contributed by atoms with E-state index < -0.39 is 11.9 Å². The van der Waals surface area contributed by atoms with E-state index in [9.17, 15) is 4.79 Å². The van der Waals surface area contributed by atoms with Gasteiger partial charge in [-0.15, -0.1) is 11.3 Å². The second-order valence-corrected chi connectivity index (χ2v) is 4.60. The third kappa shape index (κ3) is 2.53. The fourth-order valence-electron chi connectivity index (χ4n) is 1.67. The van der Waals surface area contributed by atoms with E-state index in [0.29, 0.717) is 12.1 Å². The minimum absolute atomic E-state index is 0.497. The van der Waals surface area contributed by atoms with Gasteiger partial charge in [0.05, 0.1) is 11.6 Å². The lowest BCUT2D eigenvalue weighted by Crippen LogP contribution is -2.10. The largest absolute Gasteiger partial charge is 0.481 e. The van der Waals surface area contributed by atoms with Crippen LogP contribution in [0.4, 0.5) is 0 Å². The summed E-state index contributed by atoms with van der Waals surface area (Å²) in [5.74, 6) is -1.30. The first-order valence-corrected chi connectivity index (χ1v) is 6.34. The lowest BCUT2D eigenvalue weighted by Gasteiger charge is -2.04. The standard InChI is InChI=1S/C13H13NO2S/c1-2-10(13(15)16)11-8-17-12(14-11)9-6-4-3-5-7-9/h3-8,10H,2H2,1H3,(H,15,16). The molecule has 1 aromatic heterocycles. The number of carbonyl (C=O) groups is 1. The smallest absolute Gasteiger partial charge is 0.312 e. The summed E-state index contributed by atoms with van der Waals surface area (Å²) in [6.45, 7) is 1.86. The number of carboxylic acids is 1. The van der Waals surface area contributed by atoms with Crippen LogP contribution < -0.4 is 0 Å². The number of rotatable bonds is 4. The lowest BCUT2D eigenvalue weighted by atomic mass is 10.0. The van der Waals surface area contributed by atoms with Crippen LogP contribution in [0.1, 0.15) is 25.0 Å². The van der Waals surface area contributed by atoms with Gasteiger partial charge in [-0.2, -0.15) is 0 Å². The first kappa shape index (κ1) is 11.8. The summed E-state index contributed by atoms with van der Waals surface area (Å²) in [7, 11) is 0. The van der Waals surface area contributed by atoms with E-state index in [1.165, 1.54) is 11.3 Å². The summed E-state index contributed by atoms with van der Waals surface area (Å²) >= 11 is 1.49. The number of benzene rings is 1. The van der Waals surface area contributed by atoms with Crippen molar-refractivity contribution in [3.63, 3.8) is 0 Å². The van der Waals surface area contributed by atoms with Gasteiger partial charge in [-0.05, 0) is 6.42 Å². The van der Waals surface area contributed by atoms with Gasteiger partial charge in [-0.1, -0.05) is 37.3 Å². The molecule has 0 radical (unpaired) electrons. The van der Waals surface area contributed by atoms with E-state index in [1.807, 2.05) is 42.6 Å². The highest BCUT2D eigenvalue weighted by Crippen LogP contribution is 2.28. The molecule has 1 N–H and O–H groups in total. The fraction of sp³-hybridized carbons (Fsp3) is 0.231. The van der Waals surface area contributed by atoms with E-state index >= 15 is 0 Å². The summed E-state index contributed by atoms with van der Waals surface area (Å²) < 4.78 is 0. The highest BCUT2D eigenvalue weighted by atomic mass is 32.1. The average molecular weight is 247 g/mol. The van der Waals surface area contributed by atoms with Crippen LogP contribution in [0.15, 0.2) is 35.7 Å². The molecule has 1 unspecified atom stereocenters. The van der Waals surface area contributed by atoms with E-state index in [-0.39, 0.29) is 0 Å². The molecule has 0 saturated carbocycles. The Morgan fingerprint density at radius 2 is 2.12 bits per heavy atom. The van der Waals surface area contributed by atoms with Gasteiger partial charge < -0.3 is 5.11 Å². The number of carboxylic acid groups (broad SMARTS) is 1.